The van der Waals surface area contributed by atoms with E-state index in [0.29, 0.717) is 33.4 Å². The topological polar surface area (TPSA) is 98.8 Å². The highest BCUT2D eigenvalue weighted by Gasteiger charge is 2.29. The number of nitrogens with zero attached hydrogens (tertiary/aromatic N) is 2. The maximum Gasteiger partial charge on any atom is 0.258 e. The highest BCUT2D eigenvalue weighted by atomic mass is 35.5. The Kier molecular flexibility index (Phi) is 7.05. The predicted molar refractivity (Wildman–Crippen MR) is 144 cm³/mol. The van der Waals surface area contributed by atoms with Crippen LogP contribution in [-0.2, 0) is 19.6 Å². The van der Waals surface area contributed by atoms with Gasteiger partial charge in [0.15, 0.2) is 0 Å². The fourth-order valence-corrected chi connectivity index (χ4v) is 4.82. The standard InChI is InChI=1S/C26H25ClN4O4S/c1-30(2)23(32)16-31(36(3,34)35)20-12-10-19(11-13-20)28-25(17-7-5-4-6-8-17)24-21-14-9-18(27)15-22(21)29-26(24)33/h4-15,28H,16H2,1-3H3,(H,29,33). The molecule has 1 aliphatic heterocycles. The number of hydrogen-bond acceptors (Lipinski definition) is 5. The van der Waals surface area contributed by atoms with Gasteiger partial charge in [0.1, 0.15) is 6.54 Å². The van der Waals surface area contributed by atoms with Crippen LogP contribution in [0.1, 0.15) is 11.1 Å². The fourth-order valence-electron chi connectivity index (χ4n) is 3.80. The van der Waals surface area contributed by atoms with Gasteiger partial charge < -0.3 is 15.5 Å². The molecule has 0 aliphatic carbocycles. The summed E-state index contributed by atoms with van der Waals surface area (Å²) in [4.78, 5) is 26.5. The van der Waals surface area contributed by atoms with Gasteiger partial charge in [0, 0.05) is 30.4 Å². The first-order valence-corrected chi connectivity index (χ1v) is 13.2. The Bertz CT molecular complexity index is 1450. The number of fused-ring (bicyclic) bond motifs is 1. The lowest BCUT2D eigenvalue weighted by atomic mass is 10.00. The first-order chi connectivity index (χ1) is 17.0. The van der Waals surface area contributed by atoms with Crippen LogP contribution in [-0.4, -0.2) is 52.0 Å². The normalized spacial score (nSPS) is 14.1. The van der Waals surface area contributed by atoms with E-state index in [-0.39, 0.29) is 18.4 Å². The number of rotatable bonds is 7. The molecule has 3 aromatic carbocycles. The van der Waals surface area contributed by atoms with E-state index in [2.05, 4.69) is 10.6 Å². The third kappa shape index (κ3) is 5.37. The number of carbonyl (C=O) groups is 2. The lowest BCUT2D eigenvalue weighted by Gasteiger charge is -2.24. The number of benzene rings is 3. The molecule has 8 nitrogen and oxygen atoms in total. The van der Waals surface area contributed by atoms with Crippen LogP contribution in [0.25, 0.3) is 11.3 Å². The minimum Gasteiger partial charge on any atom is -0.354 e. The number of amides is 2. The molecule has 1 aliphatic rings. The van der Waals surface area contributed by atoms with Gasteiger partial charge in [0.2, 0.25) is 15.9 Å². The summed E-state index contributed by atoms with van der Waals surface area (Å²) in [6.45, 7) is -0.308. The molecule has 1 heterocycles. The molecule has 0 radical (unpaired) electrons. The summed E-state index contributed by atoms with van der Waals surface area (Å²) in [5.41, 5.74) is 4.18. The number of sulfonamides is 1. The molecule has 3 aromatic rings. The number of halogens is 1. The Balaban J connectivity index is 1.73. The Hall–Kier alpha value is -3.82. The van der Waals surface area contributed by atoms with Crippen LogP contribution in [0, 0.1) is 0 Å². The van der Waals surface area contributed by atoms with Crippen LogP contribution in [0.5, 0.6) is 0 Å². The van der Waals surface area contributed by atoms with Crippen molar-refractivity contribution in [1.82, 2.24) is 4.90 Å². The van der Waals surface area contributed by atoms with Crippen molar-refractivity contribution in [1.29, 1.82) is 0 Å². The van der Waals surface area contributed by atoms with E-state index in [1.165, 1.54) is 4.90 Å². The van der Waals surface area contributed by atoms with Crippen LogP contribution in [0.15, 0.2) is 72.8 Å². The smallest absolute Gasteiger partial charge is 0.258 e. The number of hydrogen-bond donors (Lipinski definition) is 2. The van der Waals surface area contributed by atoms with Gasteiger partial charge in [-0.15, -0.1) is 0 Å². The Morgan fingerprint density at radius 1 is 1.00 bits per heavy atom. The molecule has 0 bridgehead atoms. The van der Waals surface area contributed by atoms with Crippen LogP contribution >= 0.6 is 11.6 Å². The second-order valence-corrected chi connectivity index (χ2v) is 10.8. The summed E-state index contributed by atoms with van der Waals surface area (Å²) in [5, 5.41) is 6.71. The summed E-state index contributed by atoms with van der Waals surface area (Å²) in [5.74, 6) is -0.606. The molecule has 10 heteroatoms. The van der Waals surface area contributed by atoms with Gasteiger partial charge in [0.05, 0.1) is 28.9 Å². The van der Waals surface area contributed by atoms with E-state index in [9.17, 15) is 18.0 Å². The second-order valence-electron chi connectivity index (χ2n) is 8.49. The van der Waals surface area contributed by atoms with E-state index < -0.39 is 10.0 Å². The quantitative estimate of drug-likeness (QED) is 0.453. The maximum absolute atomic E-state index is 13.0. The van der Waals surface area contributed by atoms with Crippen molar-refractivity contribution in [3.63, 3.8) is 0 Å². The molecule has 0 aromatic heterocycles. The first-order valence-electron chi connectivity index (χ1n) is 11.0. The Morgan fingerprint density at radius 3 is 2.28 bits per heavy atom. The number of carbonyl (C=O) groups excluding carboxylic acids is 2. The van der Waals surface area contributed by atoms with Crippen molar-refractivity contribution in [3.05, 3.63) is 88.9 Å². The van der Waals surface area contributed by atoms with Gasteiger partial charge in [-0.2, -0.15) is 0 Å². The first kappa shape index (κ1) is 25.3. The van der Waals surface area contributed by atoms with Gasteiger partial charge >= 0.3 is 0 Å². The van der Waals surface area contributed by atoms with E-state index in [4.69, 9.17) is 11.6 Å². The molecular formula is C26H25ClN4O4S. The minimum atomic E-state index is -3.69. The molecule has 0 saturated carbocycles. The number of likely N-dealkylation sites (N-methyl/N-ethyl adjacent to an activating group) is 1. The predicted octanol–water partition coefficient (Wildman–Crippen LogP) is 4.13. The number of anilines is 3. The Morgan fingerprint density at radius 2 is 1.67 bits per heavy atom. The molecule has 0 fully saturated rings. The summed E-state index contributed by atoms with van der Waals surface area (Å²) < 4.78 is 25.8. The molecule has 2 N–H and O–H groups in total. The zero-order valence-electron chi connectivity index (χ0n) is 19.9. The molecule has 0 saturated heterocycles. The molecular weight excluding hydrogens is 500 g/mol. The van der Waals surface area contributed by atoms with Gasteiger partial charge in [-0.3, -0.25) is 13.9 Å². The van der Waals surface area contributed by atoms with E-state index >= 15 is 0 Å². The second kappa shape index (κ2) is 10.0. The SMILES string of the molecule is CN(C)C(=O)CN(c1ccc(NC(=C2C(=O)Nc3cc(Cl)ccc32)c2ccccc2)cc1)S(C)(=O)=O. The van der Waals surface area contributed by atoms with E-state index in [1.807, 2.05) is 30.3 Å². The van der Waals surface area contributed by atoms with Crippen LogP contribution in [0.3, 0.4) is 0 Å². The average Bonchev–Trinajstić information content (AvgIpc) is 3.15. The summed E-state index contributed by atoms with van der Waals surface area (Å²) >= 11 is 6.11. The molecule has 4 rings (SSSR count). The van der Waals surface area contributed by atoms with Crippen molar-refractivity contribution in [2.24, 2.45) is 0 Å². The van der Waals surface area contributed by atoms with Crippen LogP contribution in [0.2, 0.25) is 5.02 Å². The van der Waals surface area contributed by atoms with Crippen LogP contribution in [0.4, 0.5) is 17.1 Å². The summed E-state index contributed by atoms with van der Waals surface area (Å²) in [6, 6.07) is 21.3. The fraction of sp³-hybridized carbons (Fsp3) is 0.154. The third-order valence-corrected chi connectivity index (χ3v) is 7.02. The van der Waals surface area contributed by atoms with Crippen molar-refractivity contribution in [2.75, 3.05) is 41.8 Å². The zero-order chi connectivity index (χ0) is 26.0. The monoisotopic (exact) mass is 524 g/mol. The minimum absolute atomic E-state index is 0.263. The number of nitrogens with one attached hydrogen (secondary N) is 2. The van der Waals surface area contributed by atoms with Gasteiger partial charge in [-0.05, 0) is 42.0 Å². The lowest BCUT2D eigenvalue weighted by molar-refractivity contribution is -0.127. The molecule has 36 heavy (non-hydrogen) atoms. The highest BCUT2D eigenvalue weighted by Crippen LogP contribution is 2.38. The van der Waals surface area contributed by atoms with E-state index in [1.54, 1.807) is 56.6 Å². The van der Waals surface area contributed by atoms with E-state index in [0.717, 1.165) is 21.7 Å². The molecule has 186 valence electrons. The molecule has 2 amide bonds. The zero-order valence-corrected chi connectivity index (χ0v) is 21.5. The largest absolute Gasteiger partial charge is 0.354 e. The summed E-state index contributed by atoms with van der Waals surface area (Å²) in [6.07, 6.45) is 1.06. The van der Waals surface area contributed by atoms with Crippen molar-refractivity contribution < 1.29 is 18.0 Å². The molecule has 0 atom stereocenters. The van der Waals surface area contributed by atoms with Gasteiger partial charge in [0.25, 0.3) is 5.91 Å². The van der Waals surface area contributed by atoms with Crippen molar-refractivity contribution in [3.8, 4) is 0 Å². The van der Waals surface area contributed by atoms with Crippen LogP contribution < -0.4 is 14.9 Å². The molecule has 0 spiro atoms. The van der Waals surface area contributed by atoms with Gasteiger partial charge in [-0.1, -0.05) is 48.0 Å². The molecule has 0 unspecified atom stereocenters. The third-order valence-electron chi connectivity index (χ3n) is 5.64. The van der Waals surface area contributed by atoms with Crippen molar-refractivity contribution in [2.45, 2.75) is 0 Å². The lowest BCUT2D eigenvalue weighted by Crippen LogP contribution is -2.39. The maximum atomic E-state index is 13.0. The average molecular weight is 525 g/mol. The highest BCUT2D eigenvalue weighted by molar-refractivity contribution is 7.92. The van der Waals surface area contributed by atoms with Gasteiger partial charge in [-0.25, -0.2) is 8.42 Å². The summed E-state index contributed by atoms with van der Waals surface area (Å²) in [7, 11) is -0.552. The van der Waals surface area contributed by atoms with Crippen molar-refractivity contribution >= 4 is 61.8 Å². The Labute approximate surface area is 215 Å².